The summed E-state index contributed by atoms with van der Waals surface area (Å²) in [5, 5.41) is 2.93. The van der Waals surface area contributed by atoms with Gasteiger partial charge < -0.3 is 5.32 Å². The highest BCUT2D eigenvalue weighted by atomic mass is 32.2. The minimum absolute atomic E-state index is 0.186. The van der Waals surface area contributed by atoms with Gasteiger partial charge in [-0.3, -0.25) is 9.52 Å². The summed E-state index contributed by atoms with van der Waals surface area (Å²) in [4.78, 5) is 12.5. The molecule has 0 aliphatic heterocycles. The van der Waals surface area contributed by atoms with Crippen LogP contribution in [-0.4, -0.2) is 20.6 Å². The number of hydrogen-bond donors (Lipinski definition) is 2. The molecule has 2 N–H and O–H groups in total. The maximum atomic E-state index is 12.5. The van der Waals surface area contributed by atoms with Gasteiger partial charge in [0.15, 0.2) is 0 Å². The molecule has 0 radical (unpaired) electrons. The second-order valence-electron chi connectivity index (χ2n) is 5.98. The third-order valence-corrected chi connectivity index (χ3v) is 4.29. The monoisotopic (exact) mass is 346 g/mol. The molecule has 0 spiro atoms. The number of para-hydroxylation sites is 1. The van der Waals surface area contributed by atoms with Crippen LogP contribution in [0.15, 0.2) is 42.5 Å². The van der Waals surface area contributed by atoms with Gasteiger partial charge in [0.25, 0.3) is 5.91 Å². The number of carbonyl (C=O) groups is 1. The van der Waals surface area contributed by atoms with Gasteiger partial charge in [0.1, 0.15) is 0 Å². The normalized spacial score (nSPS) is 12.5. The Hall–Kier alpha value is -2.34. The molecule has 128 valence electrons. The highest BCUT2D eigenvalue weighted by Gasteiger charge is 2.17. The van der Waals surface area contributed by atoms with Crippen molar-refractivity contribution in [3.63, 3.8) is 0 Å². The third-order valence-electron chi connectivity index (χ3n) is 3.70. The summed E-state index contributed by atoms with van der Waals surface area (Å²) < 4.78 is 25.5. The van der Waals surface area contributed by atoms with E-state index in [1.807, 2.05) is 39.0 Å². The molecule has 2 rings (SSSR count). The molecular weight excluding hydrogens is 324 g/mol. The summed E-state index contributed by atoms with van der Waals surface area (Å²) in [5.74, 6) is -0.186. The first-order chi connectivity index (χ1) is 11.2. The molecule has 0 bridgehead atoms. The molecule has 0 aliphatic rings. The van der Waals surface area contributed by atoms with Crippen LogP contribution in [0, 0.1) is 13.8 Å². The Kier molecular flexibility index (Phi) is 5.29. The fraction of sp³-hybridized carbons (Fsp3) is 0.278. The van der Waals surface area contributed by atoms with Gasteiger partial charge in [-0.1, -0.05) is 35.9 Å². The molecule has 1 amide bonds. The Morgan fingerprint density at radius 2 is 1.75 bits per heavy atom. The van der Waals surface area contributed by atoms with Crippen molar-refractivity contribution >= 4 is 21.6 Å². The van der Waals surface area contributed by atoms with Crippen molar-refractivity contribution in [3.05, 3.63) is 64.7 Å². The molecule has 0 aliphatic carbocycles. The SMILES string of the molecule is Cc1ccc(C(=O)N[C@H](C)c2ccccc2NS(C)(=O)=O)c(C)c1. The molecule has 6 heteroatoms. The lowest BCUT2D eigenvalue weighted by Gasteiger charge is -2.19. The fourth-order valence-corrected chi connectivity index (χ4v) is 3.17. The van der Waals surface area contributed by atoms with E-state index in [1.165, 1.54) is 0 Å². The van der Waals surface area contributed by atoms with Crippen molar-refractivity contribution in [3.8, 4) is 0 Å². The topological polar surface area (TPSA) is 75.3 Å². The van der Waals surface area contributed by atoms with E-state index in [0.717, 1.165) is 17.4 Å². The maximum Gasteiger partial charge on any atom is 0.252 e. The number of amides is 1. The Morgan fingerprint density at radius 1 is 1.08 bits per heavy atom. The van der Waals surface area contributed by atoms with Crippen molar-refractivity contribution in [2.45, 2.75) is 26.8 Å². The van der Waals surface area contributed by atoms with Crippen LogP contribution in [0.1, 0.15) is 40.0 Å². The van der Waals surface area contributed by atoms with Crippen LogP contribution in [0.25, 0.3) is 0 Å². The second-order valence-corrected chi connectivity index (χ2v) is 7.72. The number of sulfonamides is 1. The molecule has 1 atom stereocenters. The van der Waals surface area contributed by atoms with Gasteiger partial charge in [-0.2, -0.15) is 0 Å². The summed E-state index contributed by atoms with van der Waals surface area (Å²) in [7, 11) is -3.39. The lowest BCUT2D eigenvalue weighted by Crippen LogP contribution is -2.28. The van der Waals surface area contributed by atoms with E-state index in [0.29, 0.717) is 16.8 Å². The number of hydrogen-bond acceptors (Lipinski definition) is 3. The van der Waals surface area contributed by atoms with Crippen LogP contribution in [0.2, 0.25) is 0 Å². The van der Waals surface area contributed by atoms with Gasteiger partial charge in [-0.15, -0.1) is 0 Å². The maximum absolute atomic E-state index is 12.5. The predicted molar refractivity (Wildman–Crippen MR) is 96.7 cm³/mol. The van der Waals surface area contributed by atoms with E-state index in [1.54, 1.807) is 24.3 Å². The number of carbonyl (C=O) groups excluding carboxylic acids is 1. The first-order valence-corrected chi connectivity index (χ1v) is 9.51. The second kappa shape index (κ2) is 7.05. The van der Waals surface area contributed by atoms with Crippen LogP contribution in [0.3, 0.4) is 0 Å². The predicted octanol–water partition coefficient (Wildman–Crippen LogP) is 3.17. The largest absolute Gasteiger partial charge is 0.345 e. The molecule has 0 saturated carbocycles. The summed E-state index contributed by atoms with van der Waals surface area (Å²) in [6.45, 7) is 5.69. The van der Waals surface area contributed by atoms with E-state index in [-0.39, 0.29) is 11.9 Å². The Labute approximate surface area is 143 Å². The zero-order chi connectivity index (χ0) is 17.9. The number of anilines is 1. The highest BCUT2D eigenvalue weighted by Crippen LogP contribution is 2.24. The molecule has 0 saturated heterocycles. The van der Waals surface area contributed by atoms with Gasteiger partial charge >= 0.3 is 0 Å². The van der Waals surface area contributed by atoms with Gasteiger partial charge in [0.05, 0.1) is 18.0 Å². The average molecular weight is 346 g/mol. The molecule has 0 heterocycles. The molecule has 5 nitrogen and oxygen atoms in total. The summed E-state index contributed by atoms with van der Waals surface area (Å²) in [6.07, 6.45) is 1.10. The number of rotatable bonds is 5. The van der Waals surface area contributed by atoms with Crippen molar-refractivity contribution in [2.75, 3.05) is 11.0 Å². The summed E-state index contributed by atoms with van der Waals surface area (Å²) in [5.41, 5.74) is 3.79. The number of benzene rings is 2. The standard InChI is InChI=1S/C18H22N2O3S/c1-12-9-10-15(13(2)11-12)18(21)19-14(3)16-7-5-6-8-17(16)20-24(4,22)23/h5-11,14,20H,1-4H3,(H,19,21)/t14-/m1/s1. The number of nitrogens with one attached hydrogen (secondary N) is 2. The Morgan fingerprint density at radius 3 is 2.38 bits per heavy atom. The highest BCUT2D eigenvalue weighted by molar-refractivity contribution is 7.92. The van der Waals surface area contributed by atoms with Crippen molar-refractivity contribution in [1.29, 1.82) is 0 Å². The van der Waals surface area contributed by atoms with Crippen molar-refractivity contribution in [1.82, 2.24) is 5.32 Å². The van der Waals surface area contributed by atoms with Gasteiger partial charge in [-0.05, 0) is 44.0 Å². The van der Waals surface area contributed by atoms with Gasteiger partial charge in [-0.25, -0.2) is 8.42 Å². The van der Waals surface area contributed by atoms with E-state index in [2.05, 4.69) is 10.0 Å². The fourth-order valence-electron chi connectivity index (χ4n) is 2.59. The third kappa shape index (κ3) is 4.58. The minimum Gasteiger partial charge on any atom is -0.345 e. The lowest BCUT2D eigenvalue weighted by molar-refractivity contribution is 0.0939. The molecule has 0 unspecified atom stereocenters. The van der Waals surface area contributed by atoms with E-state index >= 15 is 0 Å². The Bertz CT molecular complexity index is 860. The number of aryl methyl sites for hydroxylation is 2. The molecule has 2 aromatic rings. The molecule has 0 fully saturated rings. The van der Waals surface area contributed by atoms with Crippen LogP contribution >= 0.6 is 0 Å². The summed E-state index contributed by atoms with van der Waals surface area (Å²) in [6, 6.07) is 12.3. The van der Waals surface area contributed by atoms with Crippen LogP contribution in [0.4, 0.5) is 5.69 Å². The Balaban J connectivity index is 2.24. The van der Waals surface area contributed by atoms with Crippen LogP contribution in [0.5, 0.6) is 0 Å². The molecular formula is C18H22N2O3S. The van der Waals surface area contributed by atoms with Crippen molar-refractivity contribution in [2.24, 2.45) is 0 Å². The van der Waals surface area contributed by atoms with E-state index in [9.17, 15) is 13.2 Å². The zero-order valence-electron chi connectivity index (χ0n) is 14.3. The lowest BCUT2D eigenvalue weighted by atomic mass is 10.0. The van der Waals surface area contributed by atoms with Gasteiger partial charge in [0.2, 0.25) is 10.0 Å². The molecule has 0 aromatic heterocycles. The van der Waals surface area contributed by atoms with E-state index in [4.69, 9.17) is 0 Å². The van der Waals surface area contributed by atoms with Crippen LogP contribution < -0.4 is 10.0 Å². The van der Waals surface area contributed by atoms with Crippen molar-refractivity contribution < 1.29 is 13.2 Å². The molecule has 2 aromatic carbocycles. The quantitative estimate of drug-likeness (QED) is 0.873. The summed E-state index contributed by atoms with van der Waals surface area (Å²) >= 11 is 0. The average Bonchev–Trinajstić information content (AvgIpc) is 2.45. The smallest absolute Gasteiger partial charge is 0.252 e. The van der Waals surface area contributed by atoms with Crippen LogP contribution in [-0.2, 0) is 10.0 Å². The van der Waals surface area contributed by atoms with E-state index < -0.39 is 10.0 Å². The first-order valence-electron chi connectivity index (χ1n) is 7.62. The van der Waals surface area contributed by atoms with Gasteiger partial charge in [0, 0.05) is 5.56 Å². The molecule has 24 heavy (non-hydrogen) atoms. The first kappa shape index (κ1) is 18.0. The zero-order valence-corrected chi connectivity index (χ0v) is 15.1. The minimum atomic E-state index is -3.39.